The Morgan fingerprint density at radius 2 is 2.19 bits per heavy atom. The summed E-state index contributed by atoms with van der Waals surface area (Å²) in [4.78, 5) is 18.4. The number of anilines is 1. The number of H-pyrrole nitrogens is 1. The largest absolute Gasteiger partial charge is 0.372 e. The lowest BCUT2D eigenvalue weighted by Crippen LogP contribution is -2.39. The molecule has 1 atom stereocenters. The molecule has 1 amide bonds. The predicted molar refractivity (Wildman–Crippen MR) is 102 cm³/mol. The summed E-state index contributed by atoms with van der Waals surface area (Å²) in [6.45, 7) is 3.68. The van der Waals surface area contributed by atoms with Crippen molar-refractivity contribution >= 4 is 22.6 Å². The summed E-state index contributed by atoms with van der Waals surface area (Å²) in [5.41, 5.74) is 4.30. The number of amides is 1. The zero-order valence-corrected chi connectivity index (χ0v) is 15.1. The number of piperidine rings is 1. The molecule has 6 heteroatoms. The number of hydrogen-bond acceptors (Lipinski definition) is 4. The highest BCUT2D eigenvalue weighted by atomic mass is 16.2. The molecule has 0 bridgehead atoms. The van der Waals surface area contributed by atoms with Crippen LogP contribution in [0.3, 0.4) is 0 Å². The first-order chi connectivity index (χ1) is 12.7. The van der Waals surface area contributed by atoms with Crippen molar-refractivity contribution in [3.8, 4) is 0 Å². The lowest BCUT2D eigenvalue weighted by atomic mass is 9.92. The number of nitrogens with zero attached hydrogens (tertiary/aromatic N) is 3. The molecule has 1 unspecified atom stereocenters. The fraction of sp³-hybridized carbons (Fsp3) is 0.350. The van der Waals surface area contributed by atoms with Gasteiger partial charge in [0.15, 0.2) is 0 Å². The predicted octanol–water partition coefficient (Wildman–Crippen LogP) is 3.33. The Kier molecular flexibility index (Phi) is 4.32. The van der Waals surface area contributed by atoms with Gasteiger partial charge in [0.25, 0.3) is 5.91 Å². The number of carbonyl (C=O) groups is 1. The van der Waals surface area contributed by atoms with Crippen molar-refractivity contribution < 1.29 is 4.79 Å². The van der Waals surface area contributed by atoms with Gasteiger partial charge in [0.05, 0.1) is 11.8 Å². The van der Waals surface area contributed by atoms with Crippen LogP contribution in [0.4, 0.5) is 5.82 Å². The molecule has 1 aliphatic rings. The Labute approximate surface area is 152 Å². The van der Waals surface area contributed by atoms with E-state index >= 15 is 0 Å². The Balaban J connectivity index is 1.58. The second kappa shape index (κ2) is 6.78. The van der Waals surface area contributed by atoms with Gasteiger partial charge in [-0.05, 0) is 37.5 Å². The minimum atomic E-state index is 0.0230. The molecular formula is C20H23N5O. The van der Waals surface area contributed by atoms with Gasteiger partial charge in [-0.15, -0.1) is 5.10 Å². The number of para-hydroxylation sites is 1. The number of aromatic amines is 1. The molecule has 4 rings (SSSR count). The molecule has 2 aromatic heterocycles. The van der Waals surface area contributed by atoms with Crippen molar-refractivity contribution in [3.63, 3.8) is 0 Å². The first kappa shape index (κ1) is 16.6. The highest BCUT2D eigenvalue weighted by Gasteiger charge is 2.28. The second-order valence-electron chi connectivity index (χ2n) is 6.88. The quantitative estimate of drug-likeness (QED) is 0.761. The Morgan fingerprint density at radius 1 is 1.35 bits per heavy atom. The standard InChI is InChI=1S/C20H23N5O/c1-13-16-7-3-4-8-17(16)23-19(13)14-6-5-9-25(12-14)20(26)15-10-18(21-2)24-22-11-15/h3-4,7-8,10-11,14,23H,5-6,9,12H2,1-2H3,(H,21,24). The van der Waals surface area contributed by atoms with Crippen LogP contribution in [0.1, 0.15) is 40.4 Å². The summed E-state index contributed by atoms with van der Waals surface area (Å²) in [6, 6.07) is 10.1. The number of nitrogens with one attached hydrogen (secondary N) is 2. The van der Waals surface area contributed by atoms with Crippen LogP contribution in [0.2, 0.25) is 0 Å². The van der Waals surface area contributed by atoms with Gasteiger partial charge in [0, 0.05) is 42.7 Å². The van der Waals surface area contributed by atoms with Crippen molar-refractivity contribution in [3.05, 3.63) is 53.3 Å². The Hall–Kier alpha value is -2.89. The average Bonchev–Trinajstić information content (AvgIpc) is 3.04. The molecule has 1 aromatic carbocycles. The molecule has 1 saturated heterocycles. The van der Waals surface area contributed by atoms with Crippen molar-refractivity contribution in [2.45, 2.75) is 25.7 Å². The van der Waals surface area contributed by atoms with E-state index in [2.05, 4.69) is 51.7 Å². The van der Waals surface area contributed by atoms with E-state index in [0.717, 1.165) is 25.9 Å². The van der Waals surface area contributed by atoms with Gasteiger partial charge in [-0.2, -0.15) is 5.10 Å². The third kappa shape index (κ3) is 2.92. The number of rotatable bonds is 3. The van der Waals surface area contributed by atoms with Gasteiger partial charge < -0.3 is 15.2 Å². The fourth-order valence-corrected chi connectivity index (χ4v) is 3.90. The lowest BCUT2D eigenvalue weighted by Gasteiger charge is -2.33. The van der Waals surface area contributed by atoms with Crippen molar-refractivity contribution in [2.24, 2.45) is 0 Å². The molecule has 134 valence electrons. The van der Waals surface area contributed by atoms with Crippen LogP contribution >= 0.6 is 0 Å². The van der Waals surface area contributed by atoms with E-state index < -0.39 is 0 Å². The minimum Gasteiger partial charge on any atom is -0.372 e. The minimum absolute atomic E-state index is 0.0230. The number of aryl methyl sites for hydroxylation is 1. The number of carbonyl (C=O) groups excluding carboxylic acids is 1. The maximum Gasteiger partial charge on any atom is 0.255 e. The van der Waals surface area contributed by atoms with Gasteiger partial charge >= 0.3 is 0 Å². The van der Waals surface area contributed by atoms with E-state index in [1.807, 2.05) is 4.90 Å². The molecule has 3 heterocycles. The number of likely N-dealkylation sites (tertiary alicyclic amines) is 1. The molecule has 2 N–H and O–H groups in total. The third-order valence-corrected chi connectivity index (χ3v) is 5.28. The van der Waals surface area contributed by atoms with Crippen molar-refractivity contribution in [2.75, 3.05) is 25.5 Å². The lowest BCUT2D eigenvalue weighted by molar-refractivity contribution is 0.0705. The van der Waals surface area contributed by atoms with Crippen molar-refractivity contribution in [1.82, 2.24) is 20.1 Å². The van der Waals surface area contributed by atoms with Crippen molar-refractivity contribution in [1.29, 1.82) is 0 Å². The van der Waals surface area contributed by atoms with E-state index in [0.29, 0.717) is 17.3 Å². The molecule has 0 aliphatic carbocycles. The zero-order valence-electron chi connectivity index (χ0n) is 15.1. The maximum atomic E-state index is 12.9. The molecule has 3 aromatic rings. The summed E-state index contributed by atoms with van der Waals surface area (Å²) in [5.74, 6) is 0.962. The van der Waals surface area contributed by atoms with Gasteiger partial charge in [-0.3, -0.25) is 4.79 Å². The summed E-state index contributed by atoms with van der Waals surface area (Å²) in [6.07, 6.45) is 3.64. The molecule has 0 saturated carbocycles. The summed E-state index contributed by atoms with van der Waals surface area (Å²) < 4.78 is 0. The van der Waals surface area contributed by atoms with Crippen LogP contribution in [-0.2, 0) is 0 Å². The highest BCUT2D eigenvalue weighted by molar-refractivity contribution is 5.94. The molecule has 1 aliphatic heterocycles. The Bertz CT molecular complexity index is 948. The van der Waals surface area contributed by atoms with Crippen LogP contribution in [0.25, 0.3) is 10.9 Å². The number of hydrogen-bond donors (Lipinski definition) is 2. The van der Waals surface area contributed by atoms with Crippen LogP contribution in [0, 0.1) is 6.92 Å². The topological polar surface area (TPSA) is 73.9 Å². The van der Waals surface area contributed by atoms with Crippen LogP contribution in [0.15, 0.2) is 36.5 Å². The SMILES string of the molecule is CNc1cc(C(=O)N2CCCC(c3[nH]c4ccccc4c3C)C2)cnn1. The zero-order chi connectivity index (χ0) is 18.1. The number of fused-ring (bicyclic) bond motifs is 1. The molecule has 26 heavy (non-hydrogen) atoms. The fourth-order valence-electron chi connectivity index (χ4n) is 3.90. The normalized spacial score (nSPS) is 17.5. The van der Waals surface area contributed by atoms with E-state index in [4.69, 9.17) is 0 Å². The third-order valence-electron chi connectivity index (χ3n) is 5.28. The maximum absolute atomic E-state index is 12.9. The second-order valence-corrected chi connectivity index (χ2v) is 6.88. The van der Waals surface area contributed by atoms with E-state index in [1.54, 1.807) is 19.3 Å². The monoisotopic (exact) mass is 349 g/mol. The van der Waals surface area contributed by atoms with E-state index in [-0.39, 0.29) is 5.91 Å². The van der Waals surface area contributed by atoms with Gasteiger partial charge in [0.2, 0.25) is 0 Å². The van der Waals surface area contributed by atoms with Gasteiger partial charge in [-0.1, -0.05) is 18.2 Å². The average molecular weight is 349 g/mol. The molecule has 0 spiro atoms. The smallest absolute Gasteiger partial charge is 0.255 e. The van der Waals surface area contributed by atoms with Crippen LogP contribution < -0.4 is 5.32 Å². The summed E-state index contributed by atoms with van der Waals surface area (Å²) in [7, 11) is 1.77. The number of benzene rings is 1. The van der Waals surface area contributed by atoms with E-state index in [9.17, 15) is 4.79 Å². The van der Waals surface area contributed by atoms with Gasteiger partial charge in [0.1, 0.15) is 5.82 Å². The highest BCUT2D eigenvalue weighted by Crippen LogP contribution is 2.33. The summed E-state index contributed by atoms with van der Waals surface area (Å²) >= 11 is 0. The number of aromatic nitrogens is 3. The molecule has 6 nitrogen and oxygen atoms in total. The summed E-state index contributed by atoms with van der Waals surface area (Å²) in [5, 5.41) is 12.1. The first-order valence-electron chi connectivity index (χ1n) is 9.04. The van der Waals surface area contributed by atoms with Crippen LogP contribution in [0.5, 0.6) is 0 Å². The molecular weight excluding hydrogens is 326 g/mol. The Morgan fingerprint density at radius 3 is 3.00 bits per heavy atom. The van der Waals surface area contributed by atoms with Gasteiger partial charge in [-0.25, -0.2) is 0 Å². The van der Waals surface area contributed by atoms with E-state index in [1.165, 1.54) is 22.2 Å². The molecule has 0 radical (unpaired) electrons. The molecule has 1 fully saturated rings. The van der Waals surface area contributed by atoms with Crippen LogP contribution in [-0.4, -0.2) is 46.1 Å². The first-order valence-corrected chi connectivity index (χ1v) is 9.04.